The van der Waals surface area contributed by atoms with Crippen LogP contribution in [0.15, 0.2) is 30.5 Å². The van der Waals surface area contributed by atoms with E-state index in [0.717, 1.165) is 22.5 Å². The van der Waals surface area contributed by atoms with Gasteiger partial charge in [-0.05, 0) is 68.4 Å². The summed E-state index contributed by atoms with van der Waals surface area (Å²) in [5.74, 6) is -0.0869. The fourth-order valence-corrected chi connectivity index (χ4v) is 4.16. The number of imide groups is 1. The van der Waals surface area contributed by atoms with Crippen molar-refractivity contribution in [2.24, 2.45) is 5.41 Å². The third kappa shape index (κ3) is 4.04. The summed E-state index contributed by atoms with van der Waals surface area (Å²) in [6.07, 6.45) is 5.30. The molecule has 2 aromatic rings. The van der Waals surface area contributed by atoms with Crippen LogP contribution in [-0.4, -0.2) is 27.6 Å². The molecule has 2 amide bonds. The summed E-state index contributed by atoms with van der Waals surface area (Å²) < 4.78 is 0. The van der Waals surface area contributed by atoms with E-state index >= 15 is 0 Å². The van der Waals surface area contributed by atoms with Crippen molar-refractivity contribution < 1.29 is 14.4 Å². The van der Waals surface area contributed by atoms with Crippen molar-refractivity contribution in [3.8, 4) is 0 Å². The van der Waals surface area contributed by atoms with Crippen LogP contribution in [0.4, 0.5) is 0 Å². The lowest BCUT2D eigenvalue weighted by Gasteiger charge is -2.27. The number of ketones is 1. The molecule has 2 aliphatic rings. The first-order chi connectivity index (χ1) is 14.3. The number of aryl methyl sites for hydroxylation is 2. The van der Waals surface area contributed by atoms with Gasteiger partial charge in [0.05, 0.1) is 5.41 Å². The highest BCUT2D eigenvalue weighted by Gasteiger charge is 2.47. The molecule has 4 rings (SSSR count). The summed E-state index contributed by atoms with van der Waals surface area (Å²) in [5, 5.41) is 2.38. The lowest BCUT2D eigenvalue weighted by atomic mass is 9.73. The van der Waals surface area contributed by atoms with Gasteiger partial charge in [-0.1, -0.05) is 13.0 Å². The molecule has 30 heavy (non-hydrogen) atoms. The van der Waals surface area contributed by atoms with Crippen molar-refractivity contribution in [2.45, 2.75) is 64.7 Å². The molecule has 3 heterocycles. The zero-order valence-corrected chi connectivity index (χ0v) is 17.7. The molecule has 1 N–H and O–H groups in total. The number of nitrogens with one attached hydrogen (secondary N) is 1. The summed E-state index contributed by atoms with van der Waals surface area (Å²) in [5.41, 5.74) is 3.78. The van der Waals surface area contributed by atoms with Crippen LogP contribution in [0.5, 0.6) is 0 Å². The predicted molar refractivity (Wildman–Crippen MR) is 112 cm³/mol. The quantitative estimate of drug-likeness (QED) is 0.561. The fraction of sp³-hybridized carbons (Fsp3) is 0.458. The number of rotatable bonds is 7. The minimum atomic E-state index is -0.789. The van der Waals surface area contributed by atoms with Gasteiger partial charge in [0.15, 0.2) is 5.78 Å². The van der Waals surface area contributed by atoms with Crippen molar-refractivity contribution in [3.63, 3.8) is 0 Å². The molecule has 0 bridgehead atoms. The van der Waals surface area contributed by atoms with Crippen LogP contribution in [0.3, 0.4) is 0 Å². The van der Waals surface area contributed by atoms with Crippen LogP contribution >= 0.6 is 0 Å². The van der Waals surface area contributed by atoms with E-state index in [1.807, 2.05) is 26.0 Å². The number of amides is 2. The summed E-state index contributed by atoms with van der Waals surface area (Å²) in [4.78, 5) is 45.4. The number of aromatic nitrogens is 2. The van der Waals surface area contributed by atoms with E-state index in [0.29, 0.717) is 24.5 Å². The second-order valence-corrected chi connectivity index (χ2v) is 8.91. The first-order valence-corrected chi connectivity index (χ1v) is 10.6. The monoisotopic (exact) mass is 405 g/mol. The summed E-state index contributed by atoms with van der Waals surface area (Å²) >= 11 is 0. The third-order valence-corrected chi connectivity index (χ3v) is 6.50. The zero-order chi connectivity index (χ0) is 21.5. The van der Waals surface area contributed by atoms with Gasteiger partial charge in [-0.3, -0.25) is 29.7 Å². The molecule has 2 aromatic heterocycles. The van der Waals surface area contributed by atoms with Gasteiger partial charge in [0, 0.05) is 36.3 Å². The molecule has 1 aliphatic heterocycles. The molecule has 0 radical (unpaired) electrons. The molecule has 6 heteroatoms. The van der Waals surface area contributed by atoms with Crippen molar-refractivity contribution in [2.75, 3.05) is 0 Å². The highest BCUT2D eigenvalue weighted by Crippen LogP contribution is 2.41. The number of hydrogen-bond acceptors (Lipinski definition) is 5. The van der Waals surface area contributed by atoms with E-state index < -0.39 is 5.41 Å². The van der Waals surface area contributed by atoms with Crippen molar-refractivity contribution in [1.82, 2.24) is 15.3 Å². The molecule has 0 spiro atoms. The molecular weight excluding hydrogens is 378 g/mol. The standard InChI is InChI=1S/C24H27N3O3/c1-14-10-16(11-20(26-14)17-5-6-17)4-9-21(28)19-8-7-18(13-25-19)15(2)24(3)12-22(29)27-23(24)30/h7-8,10-11,13,15,17H,4-6,9,12H2,1-3H3,(H,27,29,30)/t15-,24+/m1/s1. The van der Waals surface area contributed by atoms with Crippen molar-refractivity contribution in [3.05, 3.63) is 58.7 Å². The van der Waals surface area contributed by atoms with Crippen molar-refractivity contribution in [1.29, 1.82) is 0 Å². The molecular formula is C24H27N3O3. The maximum atomic E-state index is 12.6. The number of hydrogen-bond donors (Lipinski definition) is 1. The van der Waals surface area contributed by atoms with Gasteiger partial charge in [0.25, 0.3) is 0 Å². The Kier molecular flexibility index (Phi) is 5.26. The van der Waals surface area contributed by atoms with E-state index in [9.17, 15) is 14.4 Å². The minimum Gasteiger partial charge on any atom is -0.296 e. The maximum Gasteiger partial charge on any atom is 0.233 e. The average Bonchev–Trinajstić information content (AvgIpc) is 3.52. The fourth-order valence-electron chi connectivity index (χ4n) is 4.16. The lowest BCUT2D eigenvalue weighted by molar-refractivity contribution is -0.128. The minimum absolute atomic E-state index is 0.00311. The number of Topliss-reactive ketones (excluding diaryl/α,β-unsaturated/α-hetero) is 1. The lowest BCUT2D eigenvalue weighted by Crippen LogP contribution is -2.33. The highest BCUT2D eigenvalue weighted by atomic mass is 16.2. The van der Waals surface area contributed by atoms with Gasteiger partial charge < -0.3 is 0 Å². The third-order valence-electron chi connectivity index (χ3n) is 6.50. The number of carbonyl (C=O) groups excluding carboxylic acids is 3. The van der Waals surface area contributed by atoms with E-state index in [1.165, 1.54) is 12.8 Å². The number of pyridine rings is 2. The van der Waals surface area contributed by atoms with Crippen LogP contribution < -0.4 is 5.32 Å². The Labute approximate surface area is 176 Å². The Balaban J connectivity index is 1.41. The van der Waals surface area contributed by atoms with Crippen LogP contribution in [0.1, 0.15) is 84.4 Å². The van der Waals surface area contributed by atoms with Gasteiger partial charge >= 0.3 is 0 Å². The second-order valence-electron chi connectivity index (χ2n) is 8.91. The van der Waals surface area contributed by atoms with Gasteiger partial charge in [-0.2, -0.15) is 0 Å². The van der Waals surface area contributed by atoms with Crippen LogP contribution in [0, 0.1) is 12.3 Å². The Morgan fingerprint density at radius 2 is 2.03 bits per heavy atom. The molecule has 0 aromatic carbocycles. The second kappa shape index (κ2) is 7.74. The molecule has 1 saturated heterocycles. The largest absolute Gasteiger partial charge is 0.296 e. The molecule has 0 unspecified atom stereocenters. The van der Waals surface area contributed by atoms with Crippen LogP contribution in [0.2, 0.25) is 0 Å². The smallest absolute Gasteiger partial charge is 0.233 e. The van der Waals surface area contributed by atoms with E-state index in [1.54, 1.807) is 19.2 Å². The Hall–Kier alpha value is -2.89. The first-order valence-electron chi connectivity index (χ1n) is 10.6. The topological polar surface area (TPSA) is 89.0 Å². The molecule has 6 nitrogen and oxygen atoms in total. The van der Waals surface area contributed by atoms with E-state index in [-0.39, 0.29) is 29.9 Å². The van der Waals surface area contributed by atoms with E-state index in [2.05, 4.69) is 21.4 Å². The maximum absolute atomic E-state index is 12.6. The predicted octanol–water partition coefficient (Wildman–Crippen LogP) is 3.63. The Bertz CT molecular complexity index is 1010. The zero-order valence-electron chi connectivity index (χ0n) is 17.7. The normalized spacial score (nSPS) is 22.1. The Morgan fingerprint density at radius 3 is 2.63 bits per heavy atom. The van der Waals surface area contributed by atoms with Gasteiger partial charge in [-0.25, -0.2) is 0 Å². The van der Waals surface area contributed by atoms with Crippen molar-refractivity contribution >= 4 is 17.6 Å². The number of carbonyl (C=O) groups is 3. The average molecular weight is 405 g/mol. The van der Waals surface area contributed by atoms with Gasteiger partial charge in [0.1, 0.15) is 5.69 Å². The number of nitrogens with zero attached hydrogens (tertiary/aromatic N) is 2. The molecule has 1 aliphatic carbocycles. The SMILES string of the molecule is Cc1cc(CCC(=O)c2ccc([C@@H](C)[C@]3(C)CC(=O)NC3=O)cn2)cc(C2CC2)n1. The summed E-state index contributed by atoms with van der Waals surface area (Å²) in [6, 6.07) is 7.74. The van der Waals surface area contributed by atoms with Crippen LogP contribution in [0.25, 0.3) is 0 Å². The Morgan fingerprint density at radius 1 is 1.27 bits per heavy atom. The van der Waals surface area contributed by atoms with Gasteiger partial charge in [-0.15, -0.1) is 0 Å². The summed E-state index contributed by atoms with van der Waals surface area (Å²) in [7, 11) is 0. The van der Waals surface area contributed by atoms with E-state index in [4.69, 9.17) is 0 Å². The molecule has 156 valence electrons. The van der Waals surface area contributed by atoms with Crippen LogP contribution in [-0.2, 0) is 16.0 Å². The molecule has 2 fully saturated rings. The first kappa shape index (κ1) is 20.4. The highest BCUT2D eigenvalue weighted by molar-refractivity contribution is 6.06. The molecule has 1 saturated carbocycles. The van der Waals surface area contributed by atoms with Gasteiger partial charge in [0.2, 0.25) is 11.8 Å². The molecule has 2 atom stereocenters. The summed E-state index contributed by atoms with van der Waals surface area (Å²) in [6.45, 7) is 5.71.